The van der Waals surface area contributed by atoms with E-state index < -0.39 is 0 Å². The summed E-state index contributed by atoms with van der Waals surface area (Å²) in [4.78, 5) is 14.2. The van der Waals surface area contributed by atoms with Gasteiger partial charge in [0.1, 0.15) is 0 Å². The summed E-state index contributed by atoms with van der Waals surface area (Å²) >= 11 is 0. The normalized spacial score (nSPS) is 11.2. The SMILES string of the molecule is CCN(CC)c1ccc(/C=C\C(=O)/C=C/c2ccccc2)cc1. The monoisotopic (exact) mass is 305 g/mol. The van der Waals surface area contributed by atoms with Crippen molar-refractivity contribution >= 4 is 23.6 Å². The second-order valence-electron chi connectivity index (χ2n) is 5.24. The Bertz CT molecular complexity index is 665. The maximum atomic E-state index is 11.9. The van der Waals surface area contributed by atoms with Crippen LogP contribution in [0.3, 0.4) is 0 Å². The Morgan fingerprint density at radius 3 is 1.87 bits per heavy atom. The molecule has 0 unspecified atom stereocenters. The van der Waals surface area contributed by atoms with Crippen molar-refractivity contribution in [3.63, 3.8) is 0 Å². The van der Waals surface area contributed by atoms with Gasteiger partial charge in [0, 0.05) is 18.8 Å². The second-order valence-corrected chi connectivity index (χ2v) is 5.24. The third-order valence-corrected chi connectivity index (χ3v) is 3.70. The molecule has 23 heavy (non-hydrogen) atoms. The van der Waals surface area contributed by atoms with Crippen molar-refractivity contribution in [2.45, 2.75) is 13.8 Å². The van der Waals surface area contributed by atoms with Crippen molar-refractivity contribution < 1.29 is 4.79 Å². The van der Waals surface area contributed by atoms with Gasteiger partial charge in [-0.1, -0.05) is 54.6 Å². The summed E-state index contributed by atoms with van der Waals surface area (Å²) in [5.74, 6) is -0.0123. The Hall–Kier alpha value is -2.61. The summed E-state index contributed by atoms with van der Waals surface area (Å²) in [6.45, 7) is 6.28. The Balaban J connectivity index is 1.97. The first-order valence-corrected chi connectivity index (χ1v) is 8.03. The van der Waals surface area contributed by atoms with Crippen LogP contribution in [0.2, 0.25) is 0 Å². The molecule has 118 valence electrons. The standard InChI is InChI=1S/C21H23NO/c1-3-22(4-2)20-14-10-19(11-15-20)13-17-21(23)16-12-18-8-6-5-7-9-18/h5-17H,3-4H2,1-2H3/b16-12+,17-13-. The maximum absolute atomic E-state index is 11.9. The second kappa shape index (κ2) is 8.74. The van der Waals surface area contributed by atoms with Crippen LogP contribution in [0, 0.1) is 0 Å². The summed E-state index contributed by atoms with van der Waals surface area (Å²) in [7, 11) is 0. The zero-order chi connectivity index (χ0) is 16.5. The van der Waals surface area contributed by atoms with Gasteiger partial charge in [-0.25, -0.2) is 0 Å². The first kappa shape index (κ1) is 16.8. The molecule has 0 N–H and O–H groups in total. The predicted octanol–water partition coefficient (Wildman–Crippen LogP) is 4.83. The van der Waals surface area contributed by atoms with Gasteiger partial charge in [-0.05, 0) is 49.3 Å². The van der Waals surface area contributed by atoms with Crippen LogP contribution in [0.25, 0.3) is 12.2 Å². The fourth-order valence-corrected chi connectivity index (χ4v) is 2.36. The number of hydrogen-bond acceptors (Lipinski definition) is 2. The van der Waals surface area contributed by atoms with Gasteiger partial charge in [0.05, 0.1) is 0 Å². The third kappa shape index (κ3) is 5.26. The van der Waals surface area contributed by atoms with Crippen LogP contribution < -0.4 is 4.90 Å². The zero-order valence-electron chi connectivity index (χ0n) is 13.8. The lowest BCUT2D eigenvalue weighted by Crippen LogP contribution is -2.21. The van der Waals surface area contributed by atoms with Gasteiger partial charge in [0.15, 0.2) is 5.78 Å². The highest BCUT2D eigenvalue weighted by Crippen LogP contribution is 2.15. The molecule has 0 fully saturated rings. The molecule has 0 aliphatic rings. The molecular formula is C21H23NO. The zero-order valence-corrected chi connectivity index (χ0v) is 13.8. The van der Waals surface area contributed by atoms with Crippen LogP contribution >= 0.6 is 0 Å². The molecule has 0 atom stereocenters. The first-order valence-electron chi connectivity index (χ1n) is 8.03. The Morgan fingerprint density at radius 2 is 1.35 bits per heavy atom. The van der Waals surface area contributed by atoms with Crippen molar-refractivity contribution in [3.05, 3.63) is 77.9 Å². The first-order chi connectivity index (χ1) is 11.2. The van der Waals surface area contributed by atoms with E-state index in [1.165, 1.54) is 5.69 Å². The fourth-order valence-electron chi connectivity index (χ4n) is 2.36. The molecule has 2 aromatic carbocycles. The van der Waals surface area contributed by atoms with Crippen LogP contribution in [-0.2, 0) is 4.79 Å². The van der Waals surface area contributed by atoms with Gasteiger partial charge in [-0.2, -0.15) is 0 Å². The van der Waals surface area contributed by atoms with E-state index in [4.69, 9.17) is 0 Å². The summed E-state index contributed by atoms with van der Waals surface area (Å²) in [6, 6.07) is 18.1. The third-order valence-electron chi connectivity index (χ3n) is 3.70. The van der Waals surface area contributed by atoms with Gasteiger partial charge in [-0.15, -0.1) is 0 Å². The molecule has 0 saturated heterocycles. The lowest BCUT2D eigenvalue weighted by atomic mass is 10.1. The number of carbonyl (C=O) groups excluding carboxylic acids is 1. The number of anilines is 1. The maximum Gasteiger partial charge on any atom is 0.178 e. The number of nitrogens with zero attached hydrogens (tertiary/aromatic N) is 1. The van der Waals surface area contributed by atoms with E-state index >= 15 is 0 Å². The van der Waals surface area contributed by atoms with E-state index in [1.807, 2.05) is 54.6 Å². The minimum atomic E-state index is -0.0123. The van der Waals surface area contributed by atoms with Gasteiger partial charge in [0.2, 0.25) is 0 Å². The molecule has 0 amide bonds. The molecule has 0 saturated carbocycles. The van der Waals surface area contributed by atoms with Gasteiger partial charge >= 0.3 is 0 Å². The summed E-state index contributed by atoms with van der Waals surface area (Å²) in [6.07, 6.45) is 6.88. The molecule has 0 spiro atoms. The van der Waals surface area contributed by atoms with Gasteiger partial charge < -0.3 is 4.90 Å². The molecule has 2 heteroatoms. The van der Waals surface area contributed by atoms with E-state index in [2.05, 4.69) is 30.9 Å². The lowest BCUT2D eigenvalue weighted by Gasteiger charge is -2.20. The number of allylic oxidation sites excluding steroid dienone is 2. The molecule has 2 aromatic rings. The average Bonchev–Trinajstić information content (AvgIpc) is 2.61. The molecule has 0 radical (unpaired) electrons. The lowest BCUT2D eigenvalue weighted by molar-refractivity contribution is -0.110. The van der Waals surface area contributed by atoms with Crippen LogP contribution in [0.1, 0.15) is 25.0 Å². The molecule has 0 bridgehead atoms. The van der Waals surface area contributed by atoms with E-state index in [0.717, 1.165) is 24.2 Å². The highest BCUT2D eigenvalue weighted by Gasteiger charge is 2.00. The molecule has 0 aliphatic carbocycles. The van der Waals surface area contributed by atoms with Gasteiger partial charge in [0.25, 0.3) is 0 Å². The minimum Gasteiger partial charge on any atom is -0.372 e. The van der Waals surface area contributed by atoms with Crippen LogP contribution in [-0.4, -0.2) is 18.9 Å². The van der Waals surface area contributed by atoms with Crippen molar-refractivity contribution in [1.29, 1.82) is 0 Å². The van der Waals surface area contributed by atoms with Crippen molar-refractivity contribution in [2.75, 3.05) is 18.0 Å². The summed E-state index contributed by atoms with van der Waals surface area (Å²) in [5, 5.41) is 0. The van der Waals surface area contributed by atoms with E-state index in [9.17, 15) is 4.79 Å². The largest absolute Gasteiger partial charge is 0.372 e. The van der Waals surface area contributed by atoms with E-state index in [-0.39, 0.29) is 5.78 Å². The summed E-state index contributed by atoms with van der Waals surface area (Å²) in [5.41, 5.74) is 3.27. The molecule has 0 heterocycles. The minimum absolute atomic E-state index is 0.0123. The topological polar surface area (TPSA) is 20.3 Å². The van der Waals surface area contributed by atoms with Crippen LogP contribution in [0.4, 0.5) is 5.69 Å². The number of hydrogen-bond donors (Lipinski definition) is 0. The number of rotatable bonds is 7. The smallest absolute Gasteiger partial charge is 0.178 e. The van der Waals surface area contributed by atoms with Crippen molar-refractivity contribution in [2.24, 2.45) is 0 Å². The quantitative estimate of drug-likeness (QED) is 0.683. The highest BCUT2D eigenvalue weighted by molar-refractivity contribution is 6.04. The Labute approximate surface area is 138 Å². The molecule has 2 nitrogen and oxygen atoms in total. The Morgan fingerprint density at radius 1 is 0.826 bits per heavy atom. The Kier molecular flexibility index (Phi) is 6.37. The van der Waals surface area contributed by atoms with Crippen molar-refractivity contribution in [3.8, 4) is 0 Å². The molecule has 0 aliphatic heterocycles. The van der Waals surface area contributed by atoms with Crippen LogP contribution in [0.15, 0.2) is 66.7 Å². The molecule has 2 rings (SSSR count). The fraction of sp³-hybridized carbons (Fsp3) is 0.190. The average molecular weight is 305 g/mol. The number of ketones is 1. The van der Waals surface area contributed by atoms with E-state index in [0.29, 0.717) is 0 Å². The van der Waals surface area contributed by atoms with Crippen molar-refractivity contribution in [1.82, 2.24) is 0 Å². The summed E-state index contributed by atoms with van der Waals surface area (Å²) < 4.78 is 0. The van der Waals surface area contributed by atoms with E-state index in [1.54, 1.807) is 12.2 Å². The molecular weight excluding hydrogens is 282 g/mol. The highest BCUT2D eigenvalue weighted by atomic mass is 16.1. The number of benzene rings is 2. The van der Waals surface area contributed by atoms with Crippen LogP contribution in [0.5, 0.6) is 0 Å². The number of carbonyl (C=O) groups is 1. The molecule has 0 aromatic heterocycles. The van der Waals surface area contributed by atoms with Gasteiger partial charge in [-0.3, -0.25) is 4.79 Å². The predicted molar refractivity (Wildman–Crippen MR) is 99.5 cm³/mol.